The lowest BCUT2D eigenvalue weighted by molar-refractivity contribution is -0.113. The van der Waals surface area contributed by atoms with Gasteiger partial charge in [0.2, 0.25) is 5.91 Å². The molecule has 134 valence electrons. The lowest BCUT2D eigenvalue weighted by Crippen LogP contribution is -2.14. The van der Waals surface area contributed by atoms with Gasteiger partial charge in [0, 0.05) is 18.5 Å². The second kappa shape index (κ2) is 9.45. The van der Waals surface area contributed by atoms with Crippen molar-refractivity contribution < 1.29 is 4.79 Å². The van der Waals surface area contributed by atoms with Gasteiger partial charge in [0.1, 0.15) is 5.82 Å². The number of thioether (sulfide) groups is 2. The van der Waals surface area contributed by atoms with Crippen LogP contribution in [0.3, 0.4) is 0 Å². The van der Waals surface area contributed by atoms with Gasteiger partial charge in [-0.1, -0.05) is 60.3 Å². The number of hydrogen-bond acceptors (Lipinski definition) is 5. The largest absolute Gasteiger partial charge is 0.325 e. The first-order valence-corrected chi connectivity index (χ1v) is 10.3. The van der Waals surface area contributed by atoms with Gasteiger partial charge in [0.25, 0.3) is 0 Å². The Morgan fingerprint density at radius 3 is 2.42 bits per heavy atom. The SMILES string of the molecule is Cn1c(CSCc2ccccc2)nnc1SCC(=O)Nc1ccccc1. The fraction of sp³-hybridized carbons (Fsp3) is 0.211. The third-order valence-electron chi connectivity index (χ3n) is 3.66. The molecule has 0 spiro atoms. The molecule has 3 aromatic rings. The number of carbonyl (C=O) groups excluding carboxylic acids is 1. The summed E-state index contributed by atoms with van der Waals surface area (Å²) in [6, 6.07) is 19.8. The number of aromatic nitrogens is 3. The maximum absolute atomic E-state index is 12.0. The highest BCUT2D eigenvalue weighted by Crippen LogP contribution is 2.20. The normalized spacial score (nSPS) is 10.7. The quantitative estimate of drug-likeness (QED) is 0.595. The van der Waals surface area contributed by atoms with E-state index in [9.17, 15) is 4.79 Å². The molecule has 1 aromatic heterocycles. The smallest absolute Gasteiger partial charge is 0.234 e. The number of nitrogens with zero attached hydrogens (tertiary/aromatic N) is 3. The Bertz CT molecular complexity index is 837. The van der Waals surface area contributed by atoms with Crippen LogP contribution in [0.5, 0.6) is 0 Å². The molecule has 0 atom stereocenters. The van der Waals surface area contributed by atoms with Crippen LogP contribution in [-0.4, -0.2) is 26.4 Å². The summed E-state index contributed by atoms with van der Waals surface area (Å²) in [5, 5.41) is 12.1. The Morgan fingerprint density at radius 1 is 1.00 bits per heavy atom. The van der Waals surface area contributed by atoms with Crippen LogP contribution in [0, 0.1) is 0 Å². The van der Waals surface area contributed by atoms with Crippen molar-refractivity contribution in [3.05, 3.63) is 72.1 Å². The number of para-hydroxylation sites is 1. The molecule has 0 aliphatic carbocycles. The molecule has 0 fully saturated rings. The van der Waals surface area contributed by atoms with Crippen molar-refractivity contribution in [3.63, 3.8) is 0 Å². The van der Waals surface area contributed by atoms with E-state index in [1.165, 1.54) is 17.3 Å². The summed E-state index contributed by atoms with van der Waals surface area (Å²) < 4.78 is 1.96. The maximum atomic E-state index is 12.0. The van der Waals surface area contributed by atoms with Gasteiger partial charge >= 0.3 is 0 Å². The van der Waals surface area contributed by atoms with Crippen molar-refractivity contribution in [2.75, 3.05) is 11.1 Å². The highest BCUT2D eigenvalue weighted by molar-refractivity contribution is 7.99. The van der Waals surface area contributed by atoms with Crippen LogP contribution in [0.2, 0.25) is 0 Å². The van der Waals surface area contributed by atoms with Crippen molar-refractivity contribution in [3.8, 4) is 0 Å². The second-order valence-electron chi connectivity index (χ2n) is 5.64. The summed E-state index contributed by atoms with van der Waals surface area (Å²) >= 11 is 3.19. The van der Waals surface area contributed by atoms with E-state index in [2.05, 4.69) is 27.6 Å². The van der Waals surface area contributed by atoms with Crippen LogP contribution in [0.25, 0.3) is 0 Å². The standard InChI is InChI=1S/C19H20N4OS2/c1-23-17(13-25-12-15-8-4-2-5-9-15)21-22-19(23)26-14-18(24)20-16-10-6-3-7-11-16/h2-11H,12-14H2,1H3,(H,20,24). The lowest BCUT2D eigenvalue weighted by Gasteiger charge is -2.05. The summed E-state index contributed by atoms with van der Waals surface area (Å²) in [5.74, 6) is 2.89. The van der Waals surface area contributed by atoms with Gasteiger partial charge in [-0.3, -0.25) is 4.79 Å². The minimum Gasteiger partial charge on any atom is -0.325 e. The Labute approximate surface area is 161 Å². The minimum atomic E-state index is -0.0517. The molecule has 0 saturated heterocycles. The van der Waals surface area contributed by atoms with Crippen LogP contribution in [0.15, 0.2) is 65.8 Å². The van der Waals surface area contributed by atoms with Gasteiger partial charge in [-0.05, 0) is 17.7 Å². The molecule has 2 aromatic carbocycles. The van der Waals surface area contributed by atoms with E-state index in [4.69, 9.17) is 0 Å². The van der Waals surface area contributed by atoms with E-state index in [1.807, 2.05) is 60.1 Å². The van der Waals surface area contributed by atoms with E-state index in [0.717, 1.165) is 28.2 Å². The van der Waals surface area contributed by atoms with E-state index < -0.39 is 0 Å². The van der Waals surface area contributed by atoms with E-state index in [-0.39, 0.29) is 5.91 Å². The van der Waals surface area contributed by atoms with Crippen molar-refractivity contribution in [2.45, 2.75) is 16.7 Å². The minimum absolute atomic E-state index is 0.0517. The van der Waals surface area contributed by atoms with Crippen LogP contribution < -0.4 is 5.32 Å². The summed E-state index contributed by atoms with van der Waals surface area (Å²) in [5.41, 5.74) is 2.10. The maximum Gasteiger partial charge on any atom is 0.234 e. The van der Waals surface area contributed by atoms with Gasteiger partial charge < -0.3 is 9.88 Å². The number of benzene rings is 2. The first-order chi connectivity index (χ1) is 12.7. The predicted octanol–water partition coefficient (Wildman–Crippen LogP) is 3.98. The van der Waals surface area contributed by atoms with Gasteiger partial charge in [-0.2, -0.15) is 0 Å². The lowest BCUT2D eigenvalue weighted by atomic mass is 10.2. The molecule has 1 N–H and O–H groups in total. The summed E-state index contributed by atoms with van der Waals surface area (Å²) in [6.45, 7) is 0. The van der Waals surface area contributed by atoms with Gasteiger partial charge in [-0.25, -0.2) is 0 Å². The summed E-state index contributed by atoms with van der Waals surface area (Å²) in [7, 11) is 1.94. The Balaban J connectivity index is 1.46. The molecule has 1 heterocycles. The zero-order valence-electron chi connectivity index (χ0n) is 14.5. The molecule has 7 heteroatoms. The molecular formula is C19H20N4OS2. The fourth-order valence-electron chi connectivity index (χ4n) is 2.28. The Kier molecular flexibility index (Phi) is 6.74. The third kappa shape index (κ3) is 5.37. The molecule has 0 unspecified atom stereocenters. The molecule has 0 aliphatic rings. The number of rotatable bonds is 8. The first-order valence-electron chi connectivity index (χ1n) is 8.20. The highest BCUT2D eigenvalue weighted by atomic mass is 32.2. The number of anilines is 1. The van der Waals surface area contributed by atoms with Crippen molar-refractivity contribution in [2.24, 2.45) is 7.05 Å². The molecule has 0 aliphatic heterocycles. The number of carbonyl (C=O) groups is 1. The number of nitrogens with one attached hydrogen (secondary N) is 1. The molecule has 26 heavy (non-hydrogen) atoms. The third-order valence-corrected chi connectivity index (χ3v) is 5.68. The number of amides is 1. The fourth-order valence-corrected chi connectivity index (χ4v) is 3.97. The average Bonchev–Trinajstić information content (AvgIpc) is 3.02. The Hall–Kier alpha value is -2.25. The zero-order valence-corrected chi connectivity index (χ0v) is 16.1. The molecule has 0 saturated carbocycles. The molecular weight excluding hydrogens is 364 g/mol. The topological polar surface area (TPSA) is 59.8 Å². The van der Waals surface area contributed by atoms with Crippen molar-refractivity contribution >= 4 is 35.1 Å². The molecule has 5 nitrogen and oxygen atoms in total. The van der Waals surface area contributed by atoms with Gasteiger partial charge in [0.05, 0.1) is 11.5 Å². The van der Waals surface area contributed by atoms with Crippen LogP contribution >= 0.6 is 23.5 Å². The van der Waals surface area contributed by atoms with E-state index in [1.54, 1.807) is 11.8 Å². The van der Waals surface area contributed by atoms with Crippen molar-refractivity contribution in [1.29, 1.82) is 0 Å². The molecule has 3 rings (SSSR count). The number of hydrogen-bond donors (Lipinski definition) is 1. The molecule has 0 bridgehead atoms. The van der Waals surface area contributed by atoms with Crippen LogP contribution in [-0.2, 0) is 23.3 Å². The molecule has 1 amide bonds. The van der Waals surface area contributed by atoms with E-state index in [0.29, 0.717) is 5.75 Å². The second-order valence-corrected chi connectivity index (χ2v) is 7.57. The highest BCUT2D eigenvalue weighted by Gasteiger charge is 2.11. The van der Waals surface area contributed by atoms with E-state index >= 15 is 0 Å². The Morgan fingerprint density at radius 2 is 1.69 bits per heavy atom. The van der Waals surface area contributed by atoms with Crippen molar-refractivity contribution in [1.82, 2.24) is 14.8 Å². The first kappa shape index (κ1) is 18.5. The predicted molar refractivity (Wildman–Crippen MR) is 108 cm³/mol. The van der Waals surface area contributed by atoms with Gasteiger partial charge in [0.15, 0.2) is 5.16 Å². The summed E-state index contributed by atoms with van der Waals surface area (Å²) in [6.07, 6.45) is 0. The van der Waals surface area contributed by atoms with Gasteiger partial charge in [-0.15, -0.1) is 22.0 Å². The molecule has 0 radical (unpaired) electrons. The van der Waals surface area contributed by atoms with Crippen LogP contribution in [0.1, 0.15) is 11.4 Å². The monoisotopic (exact) mass is 384 g/mol. The van der Waals surface area contributed by atoms with Crippen LogP contribution in [0.4, 0.5) is 5.69 Å². The summed E-state index contributed by atoms with van der Waals surface area (Å²) in [4.78, 5) is 12.0. The average molecular weight is 385 g/mol. The zero-order chi connectivity index (χ0) is 18.2.